The maximum atomic E-state index is 11.0. The van der Waals surface area contributed by atoms with Gasteiger partial charge in [-0.3, -0.25) is 8.74 Å². The first-order valence-corrected chi connectivity index (χ1v) is 18.2. The molecule has 3 aromatic rings. The molecule has 1 aliphatic heterocycles. The molecule has 0 bridgehead atoms. The van der Waals surface area contributed by atoms with Crippen LogP contribution in [0.5, 0.6) is 0 Å². The molecular formula is C31H35N2O9S4+. The number of ether oxygens (including phenoxy) is 1. The molecule has 246 valence electrons. The van der Waals surface area contributed by atoms with E-state index in [1.54, 1.807) is 30.2 Å². The molecule has 15 heteroatoms. The minimum atomic E-state index is -4.47. The first-order chi connectivity index (χ1) is 22.4. The highest BCUT2D eigenvalue weighted by Crippen LogP contribution is 2.46. The Kier molecular flexibility index (Phi) is 12.7. The average Bonchev–Trinajstić information content (AvgIpc) is 3.59. The van der Waals surface area contributed by atoms with E-state index in [0.29, 0.717) is 31.9 Å². The Hall–Kier alpha value is -2.70. The summed E-state index contributed by atoms with van der Waals surface area (Å²) in [4.78, 5) is 3.26. The lowest BCUT2D eigenvalue weighted by Crippen LogP contribution is -2.35. The van der Waals surface area contributed by atoms with Crippen molar-refractivity contribution in [1.82, 2.24) is 0 Å². The van der Waals surface area contributed by atoms with Crippen LogP contribution in [0.2, 0.25) is 0 Å². The van der Waals surface area contributed by atoms with Gasteiger partial charge in [0.1, 0.15) is 10.5 Å². The summed E-state index contributed by atoms with van der Waals surface area (Å²) in [6, 6.07) is 16.4. The summed E-state index contributed by atoms with van der Waals surface area (Å²) >= 11 is 3.97. The van der Waals surface area contributed by atoms with Gasteiger partial charge >= 0.3 is 10.4 Å². The Morgan fingerprint density at radius 1 is 1.04 bits per heavy atom. The second kappa shape index (κ2) is 16.9. The highest BCUT2D eigenvalue weighted by Gasteiger charge is 2.25. The SMILES string of the molecule is COC1=C(/C=C/c2sc3ccccc3[n+]2CCCOSOOO)CCC/C1=C\C=C1/Sc2ccccc2N1CCCOS(=O)(=O)O. The molecule has 0 atom stereocenters. The quantitative estimate of drug-likeness (QED) is 0.0388. The molecule has 0 saturated carbocycles. The molecule has 0 spiro atoms. The number of para-hydroxylation sites is 2. The van der Waals surface area contributed by atoms with Crippen LogP contribution in [0, 0.1) is 0 Å². The van der Waals surface area contributed by atoms with Gasteiger partial charge in [0, 0.05) is 30.0 Å². The van der Waals surface area contributed by atoms with Gasteiger partial charge < -0.3 is 9.64 Å². The van der Waals surface area contributed by atoms with Gasteiger partial charge in [-0.1, -0.05) is 58.5 Å². The third kappa shape index (κ3) is 9.22. The zero-order valence-corrected chi connectivity index (χ0v) is 28.3. The van der Waals surface area contributed by atoms with Crippen LogP contribution in [-0.4, -0.2) is 45.1 Å². The van der Waals surface area contributed by atoms with E-state index in [9.17, 15) is 8.42 Å². The number of fused-ring (bicyclic) bond motifs is 2. The molecule has 1 aliphatic carbocycles. The van der Waals surface area contributed by atoms with Crippen molar-refractivity contribution < 1.29 is 45.3 Å². The van der Waals surface area contributed by atoms with Crippen molar-refractivity contribution in [2.75, 3.05) is 31.8 Å². The minimum absolute atomic E-state index is 0.107. The fourth-order valence-electron chi connectivity index (χ4n) is 5.38. The van der Waals surface area contributed by atoms with Crippen LogP contribution in [0.15, 0.2) is 93.6 Å². The summed E-state index contributed by atoms with van der Waals surface area (Å²) in [6.07, 6.45) is 12.4. The fourth-order valence-corrected chi connectivity index (χ4v) is 8.14. The number of aryl methyl sites for hydroxylation is 1. The molecule has 0 saturated heterocycles. The van der Waals surface area contributed by atoms with Crippen molar-refractivity contribution in [2.24, 2.45) is 0 Å². The lowest BCUT2D eigenvalue weighted by Gasteiger charge is -2.21. The van der Waals surface area contributed by atoms with Crippen LogP contribution in [0.25, 0.3) is 16.3 Å². The average molecular weight is 708 g/mol. The standard InChI is InChI=1S/C31H34N2O9S4/c1-38-31-23(15-17-29-32(19-7-21-39-45-42-41-34)25-11-2-4-13-27(25)43-29)9-6-10-24(31)16-18-30-33(20-8-22-40-46(35,36)37)26-12-3-5-14-28(26)44-30/h2-5,11-18H,6-10,19-22H2,1H3,(H-,34,35,36,37)/p+1. The van der Waals surface area contributed by atoms with Crippen molar-refractivity contribution in [2.45, 2.75) is 43.5 Å². The number of methoxy groups -OCH3 is 1. The lowest BCUT2D eigenvalue weighted by molar-refractivity contribution is -0.669. The normalized spacial score (nSPS) is 17.2. The number of anilines is 1. The van der Waals surface area contributed by atoms with Crippen LogP contribution in [0.4, 0.5) is 5.69 Å². The van der Waals surface area contributed by atoms with Crippen molar-refractivity contribution in [3.63, 3.8) is 0 Å². The van der Waals surface area contributed by atoms with Gasteiger partial charge in [0.05, 0.1) is 31.0 Å². The van der Waals surface area contributed by atoms with E-state index in [0.717, 1.165) is 75.3 Å². The zero-order chi connectivity index (χ0) is 32.4. The molecule has 0 unspecified atom stereocenters. The Balaban J connectivity index is 1.35. The fraction of sp³-hybridized carbons (Fsp3) is 0.323. The van der Waals surface area contributed by atoms with E-state index in [4.69, 9.17) is 18.7 Å². The first-order valence-electron chi connectivity index (χ1n) is 14.6. The van der Waals surface area contributed by atoms with Crippen molar-refractivity contribution >= 4 is 67.8 Å². The molecule has 46 heavy (non-hydrogen) atoms. The second-order valence-corrected chi connectivity index (χ2v) is 13.9. The van der Waals surface area contributed by atoms with Gasteiger partial charge in [-0.05, 0) is 67.2 Å². The predicted molar refractivity (Wildman–Crippen MR) is 180 cm³/mol. The number of nitrogens with zero attached hydrogens (tertiary/aromatic N) is 2. The number of allylic oxidation sites excluding steroid dienone is 5. The molecular weight excluding hydrogens is 673 g/mol. The van der Waals surface area contributed by atoms with E-state index in [1.165, 1.54) is 4.70 Å². The number of rotatable bonds is 16. The van der Waals surface area contributed by atoms with E-state index >= 15 is 0 Å². The van der Waals surface area contributed by atoms with Gasteiger partial charge in [0.25, 0.3) is 5.01 Å². The van der Waals surface area contributed by atoms with E-state index in [1.807, 2.05) is 30.3 Å². The van der Waals surface area contributed by atoms with Gasteiger partial charge in [-0.2, -0.15) is 13.0 Å². The largest absolute Gasteiger partial charge is 0.496 e. The number of hydrogen-bond acceptors (Lipinski definition) is 12. The highest BCUT2D eigenvalue weighted by atomic mass is 32.3. The molecule has 2 aliphatic rings. The highest BCUT2D eigenvalue weighted by molar-refractivity contribution is 8.03. The van der Waals surface area contributed by atoms with Crippen LogP contribution < -0.4 is 9.47 Å². The van der Waals surface area contributed by atoms with E-state index in [2.05, 4.69) is 65.5 Å². The Morgan fingerprint density at radius 3 is 2.70 bits per heavy atom. The number of benzene rings is 2. The Bertz CT molecular complexity index is 1730. The van der Waals surface area contributed by atoms with Crippen LogP contribution in [0.3, 0.4) is 0 Å². The summed E-state index contributed by atoms with van der Waals surface area (Å²) < 4.78 is 54.3. The Morgan fingerprint density at radius 2 is 1.87 bits per heavy atom. The van der Waals surface area contributed by atoms with E-state index in [-0.39, 0.29) is 6.61 Å². The number of aromatic nitrogens is 1. The predicted octanol–water partition coefficient (Wildman–Crippen LogP) is 7.27. The maximum Gasteiger partial charge on any atom is 0.397 e. The molecule has 2 aromatic carbocycles. The van der Waals surface area contributed by atoms with Crippen molar-refractivity contribution in [1.29, 1.82) is 0 Å². The van der Waals surface area contributed by atoms with Crippen LogP contribution in [0.1, 0.15) is 37.1 Å². The third-order valence-corrected chi connectivity index (χ3v) is 10.4. The molecule has 0 radical (unpaired) electrons. The molecule has 11 nitrogen and oxygen atoms in total. The van der Waals surface area contributed by atoms with Gasteiger partial charge in [-0.15, -0.1) is 4.33 Å². The van der Waals surface area contributed by atoms with E-state index < -0.39 is 10.4 Å². The maximum absolute atomic E-state index is 11.0. The molecule has 5 rings (SSSR count). The van der Waals surface area contributed by atoms with Gasteiger partial charge in [-0.25, -0.2) is 9.44 Å². The monoisotopic (exact) mass is 707 g/mol. The summed E-state index contributed by atoms with van der Waals surface area (Å²) in [5.74, 6) is 0.872. The number of thiazole rings is 1. The molecule has 1 aromatic heterocycles. The van der Waals surface area contributed by atoms with Crippen LogP contribution >= 0.6 is 35.4 Å². The Labute approximate surface area is 281 Å². The minimum Gasteiger partial charge on any atom is -0.496 e. The zero-order valence-electron chi connectivity index (χ0n) is 25.1. The molecule has 0 fully saturated rings. The number of thioether (sulfide) groups is 1. The topological polar surface area (TPSA) is 128 Å². The van der Waals surface area contributed by atoms with Crippen molar-refractivity contribution in [3.8, 4) is 0 Å². The van der Waals surface area contributed by atoms with Gasteiger partial charge in [0.2, 0.25) is 5.52 Å². The summed E-state index contributed by atoms with van der Waals surface area (Å²) in [7, 11) is -2.76. The second-order valence-electron chi connectivity index (χ2n) is 10.2. The molecule has 2 heterocycles. The summed E-state index contributed by atoms with van der Waals surface area (Å²) in [6.45, 7) is 1.57. The summed E-state index contributed by atoms with van der Waals surface area (Å²) in [5, 5.41) is 13.9. The van der Waals surface area contributed by atoms with Crippen LogP contribution in [-0.2, 0) is 39.4 Å². The lowest BCUT2D eigenvalue weighted by atomic mass is 9.92. The first kappa shape index (κ1) is 34.6. The smallest absolute Gasteiger partial charge is 0.397 e. The van der Waals surface area contributed by atoms with Crippen molar-refractivity contribution in [3.05, 3.63) is 93.7 Å². The number of hydrogen-bond donors (Lipinski definition) is 2. The van der Waals surface area contributed by atoms with Gasteiger partial charge in [0.15, 0.2) is 18.9 Å². The molecule has 2 N–H and O–H groups in total. The molecule has 0 amide bonds. The summed E-state index contributed by atoms with van der Waals surface area (Å²) in [5.41, 5.74) is 4.44. The third-order valence-electron chi connectivity index (χ3n) is 7.28.